The molecule has 0 spiro atoms. The van der Waals surface area contributed by atoms with Crippen LogP contribution in [0.1, 0.15) is 47.0 Å². The number of carbonyl (C=O) groups excluding carboxylic acids is 2. The Morgan fingerprint density at radius 1 is 1.28 bits per heavy atom. The third-order valence-corrected chi connectivity index (χ3v) is 2.23. The fraction of sp³-hybridized carbons (Fsp3) is 0.846. The van der Waals surface area contributed by atoms with Crippen LogP contribution in [0, 0.1) is 0 Å². The Labute approximate surface area is 110 Å². The summed E-state index contributed by atoms with van der Waals surface area (Å²) in [5.41, 5.74) is -0.474. The SMILES string of the molecule is CCCC(=O)N(C)CCCNC(=O)OC(C)(C)C. The van der Waals surface area contributed by atoms with Crippen LogP contribution in [0.4, 0.5) is 4.79 Å². The lowest BCUT2D eigenvalue weighted by atomic mass is 10.2. The summed E-state index contributed by atoms with van der Waals surface area (Å²) in [5.74, 6) is 0.148. The highest BCUT2D eigenvalue weighted by atomic mass is 16.6. The van der Waals surface area contributed by atoms with Gasteiger partial charge in [-0.2, -0.15) is 0 Å². The average Bonchev–Trinajstić information content (AvgIpc) is 2.21. The smallest absolute Gasteiger partial charge is 0.407 e. The lowest BCUT2D eigenvalue weighted by Gasteiger charge is -2.20. The molecule has 18 heavy (non-hydrogen) atoms. The lowest BCUT2D eigenvalue weighted by molar-refractivity contribution is -0.129. The van der Waals surface area contributed by atoms with E-state index in [0.717, 1.165) is 12.8 Å². The topological polar surface area (TPSA) is 58.6 Å². The van der Waals surface area contributed by atoms with E-state index >= 15 is 0 Å². The van der Waals surface area contributed by atoms with Gasteiger partial charge in [0.05, 0.1) is 0 Å². The lowest BCUT2D eigenvalue weighted by Crippen LogP contribution is -2.35. The minimum atomic E-state index is -0.474. The Morgan fingerprint density at radius 2 is 1.89 bits per heavy atom. The maximum Gasteiger partial charge on any atom is 0.407 e. The summed E-state index contributed by atoms with van der Waals surface area (Å²) in [5, 5.41) is 2.67. The van der Waals surface area contributed by atoms with Gasteiger partial charge in [0.25, 0.3) is 0 Å². The highest BCUT2D eigenvalue weighted by molar-refractivity contribution is 5.75. The predicted molar refractivity (Wildman–Crippen MR) is 71.4 cm³/mol. The molecule has 0 aromatic carbocycles. The van der Waals surface area contributed by atoms with E-state index in [1.807, 2.05) is 27.7 Å². The molecule has 0 radical (unpaired) electrons. The van der Waals surface area contributed by atoms with Crippen LogP contribution in [-0.2, 0) is 9.53 Å². The number of hydrogen-bond donors (Lipinski definition) is 1. The molecule has 0 fully saturated rings. The molecule has 0 bridgehead atoms. The number of ether oxygens (including phenoxy) is 1. The Balaban J connectivity index is 3.67. The molecule has 0 atom stereocenters. The Morgan fingerprint density at radius 3 is 2.39 bits per heavy atom. The fourth-order valence-electron chi connectivity index (χ4n) is 1.35. The third kappa shape index (κ3) is 8.84. The summed E-state index contributed by atoms with van der Waals surface area (Å²) in [6, 6.07) is 0. The van der Waals surface area contributed by atoms with Crippen molar-refractivity contribution in [1.82, 2.24) is 10.2 Å². The molecule has 0 rings (SSSR count). The highest BCUT2D eigenvalue weighted by Crippen LogP contribution is 2.06. The average molecular weight is 258 g/mol. The highest BCUT2D eigenvalue weighted by Gasteiger charge is 2.15. The van der Waals surface area contributed by atoms with Gasteiger partial charge in [0.15, 0.2) is 0 Å². The number of rotatable bonds is 6. The molecule has 5 heteroatoms. The first-order valence-electron chi connectivity index (χ1n) is 6.47. The number of nitrogens with one attached hydrogen (secondary N) is 1. The van der Waals surface area contributed by atoms with Crippen molar-refractivity contribution < 1.29 is 14.3 Å². The predicted octanol–water partition coefficient (Wildman–Crippen LogP) is 2.16. The van der Waals surface area contributed by atoms with Crippen molar-refractivity contribution in [2.75, 3.05) is 20.1 Å². The van der Waals surface area contributed by atoms with Crippen LogP contribution >= 0.6 is 0 Å². The number of nitrogens with zero attached hydrogens (tertiary/aromatic N) is 1. The molecule has 0 aliphatic heterocycles. The van der Waals surface area contributed by atoms with Crippen LogP contribution in [-0.4, -0.2) is 42.6 Å². The Bertz CT molecular complexity index is 272. The van der Waals surface area contributed by atoms with Crippen LogP contribution in [0.15, 0.2) is 0 Å². The normalized spacial score (nSPS) is 10.9. The van der Waals surface area contributed by atoms with Crippen molar-refractivity contribution in [2.24, 2.45) is 0 Å². The first kappa shape index (κ1) is 16.7. The van der Waals surface area contributed by atoms with Crippen molar-refractivity contribution in [3.8, 4) is 0 Å². The van der Waals surface area contributed by atoms with Crippen molar-refractivity contribution in [3.63, 3.8) is 0 Å². The molecule has 0 aliphatic carbocycles. The molecule has 0 saturated heterocycles. The Kier molecular flexibility index (Phi) is 7.39. The number of hydrogen-bond acceptors (Lipinski definition) is 3. The summed E-state index contributed by atoms with van der Waals surface area (Å²) in [6.45, 7) is 8.61. The van der Waals surface area contributed by atoms with Crippen LogP contribution in [0.5, 0.6) is 0 Å². The second kappa shape index (κ2) is 7.95. The molecular formula is C13H26N2O3. The van der Waals surface area contributed by atoms with Crippen molar-refractivity contribution in [2.45, 2.75) is 52.6 Å². The van der Waals surface area contributed by atoms with E-state index in [1.54, 1.807) is 11.9 Å². The van der Waals surface area contributed by atoms with Gasteiger partial charge in [-0.15, -0.1) is 0 Å². The molecule has 0 saturated carbocycles. The summed E-state index contributed by atoms with van der Waals surface area (Å²) in [6.07, 6.45) is 1.76. The summed E-state index contributed by atoms with van der Waals surface area (Å²) >= 11 is 0. The van der Waals surface area contributed by atoms with Crippen LogP contribution in [0.3, 0.4) is 0 Å². The second-order valence-corrected chi connectivity index (χ2v) is 5.35. The standard InChI is InChI=1S/C13H26N2O3/c1-6-8-11(16)15(5)10-7-9-14-12(17)18-13(2,3)4/h6-10H2,1-5H3,(H,14,17). The van der Waals surface area contributed by atoms with Gasteiger partial charge >= 0.3 is 6.09 Å². The quantitative estimate of drug-likeness (QED) is 0.743. The maximum absolute atomic E-state index is 11.5. The van der Waals surface area contributed by atoms with Gasteiger partial charge in [0.1, 0.15) is 5.60 Å². The maximum atomic E-state index is 11.5. The molecule has 0 heterocycles. The van der Waals surface area contributed by atoms with Gasteiger partial charge in [-0.3, -0.25) is 4.79 Å². The summed E-state index contributed by atoms with van der Waals surface area (Å²) in [7, 11) is 1.78. The van der Waals surface area contributed by atoms with E-state index in [4.69, 9.17) is 4.74 Å². The van der Waals surface area contributed by atoms with Gasteiger partial charge < -0.3 is 15.0 Å². The van der Waals surface area contributed by atoms with E-state index in [2.05, 4.69) is 5.32 Å². The number of alkyl carbamates (subject to hydrolysis) is 1. The first-order valence-corrected chi connectivity index (χ1v) is 6.47. The van der Waals surface area contributed by atoms with Crippen molar-refractivity contribution >= 4 is 12.0 Å². The molecule has 0 unspecified atom stereocenters. The van der Waals surface area contributed by atoms with Gasteiger partial charge in [0.2, 0.25) is 5.91 Å². The molecule has 2 amide bonds. The van der Waals surface area contributed by atoms with Gasteiger partial charge in [-0.1, -0.05) is 6.92 Å². The van der Waals surface area contributed by atoms with E-state index < -0.39 is 11.7 Å². The van der Waals surface area contributed by atoms with Crippen LogP contribution in [0.25, 0.3) is 0 Å². The zero-order valence-corrected chi connectivity index (χ0v) is 12.2. The Hall–Kier alpha value is -1.26. The fourth-order valence-corrected chi connectivity index (χ4v) is 1.35. The molecule has 5 nitrogen and oxygen atoms in total. The summed E-state index contributed by atoms with van der Waals surface area (Å²) < 4.78 is 5.10. The second-order valence-electron chi connectivity index (χ2n) is 5.35. The summed E-state index contributed by atoms with van der Waals surface area (Å²) in [4.78, 5) is 24.5. The zero-order valence-electron chi connectivity index (χ0n) is 12.2. The molecule has 1 N–H and O–H groups in total. The van der Waals surface area contributed by atoms with Crippen LogP contribution in [0.2, 0.25) is 0 Å². The van der Waals surface area contributed by atoms with Gasteiger partial charge in [-0.25, -0.2) is 4.79 Å². The molecule has 106 valence electrons. The molecular weight excluding hydrogens is 232 g/mol. The van der Waals surface area contributed by atoms with Gasteiger partial charge in [-0.05, 0) is 33.6 Å². The first-order chi connectivity index (χ1) is 8.26. The minimum Gasteiger partial charge on any atom is -0.444 e. The van der Waals surface area contributed by atoms with Crippen molar-refractivity contribution in [1.29, 1.82) is 0 Å². The largest absolute Gasteiger partial charge is 0.444 e. The molecule has 0 aliphatic rings. The number of amides is 2. The van der Waals surface area contributed by atoms with E-state index in [1.165, 1.54) is 0 Å². The zero-order chi connectivity index (χ0) is 14.2. The van der Waals surface area contributed by atoms with E-state index in [-0.39, 0.29) is 5.91 Å². The van der Waals surface area contributed by atoms with Gasteiger partial charge in [0, 0.05) is 26.6 Å². The third-order valence-electron chi connectivity index (χ3n) is 2.23. The van der Waals surface area contributed by atoms with Crippen molar-refractivity contribution in [3.05, 3.63) is 0 Å². The molecule has 0 aromatic rings. The number of carbonyl (C=O) groups is 2. The molecule has 0 aromatic heterocycles. The minimum absolute atomic E-state index is 0.148. The van der Waals surface area contributed by atoms with E-state index in [0.29, 0.717) is 19.5 Å². The monoisotopic (exact) mass is 258 g/mol. The van der Waals surface area contributed by atoms with Crippen LogP contribution < -0.4 is 5.32 Å². The van der Waals surface area contributed by atoms with E-state index in [9.17, 15) is 9.59 Å².